The minimum atomic E-state index is -0.143. The van der Waals surface area contributed by atoms with E-state index < -0.39 is 0 Å². The van der Waals surface area contributed by atoms with Crippen LogP contribution in [0.1, 0.15) is 23.7 Å². The number of fused-ring (bicyclic) bond motifs is 1. The molecule has 3 aromatic heterocycles. The zero-order valence-electron chi connectivity index (χ0n) is 17.7. The zero-order valence-corrected chi connectivity index (χ0v) is 19.4. The van der Waals surface area contributed by atoms with Crippen molar-refractivity contribution in [3.8, 4) is 11.3 Å². The monoisotopic (exact) mass is 476 g/mol. The summed E-state index contributed by atoms with van der Waals surface area (Å²) in [6, 6.07) is 16.0. The number of imidazole rings is 1. The number of H-pyrrole nitrogens is 1. The summed E-state index contributed by atoms with van der Waals surface area (Å²) in [4.78, 5) is 29.0. The van der Waals surface area contributed by atoms with E-state index in [-0.39, 0.29) is 12.3 Å². The highest BCUT2D eigenvalue weighted by Gasteiger charge is 2.13. The lowest BCUT2D eigenvalue weighted by molar-refractivity contribution is -0.116. The van der Waals surface area contributed by atoms with Gasteiger partial charge in [-0.2, -0.15) is 4.98 Å². The van der Waals surface area contributed by atoms with Gasteiger partial charge in [0.05, 0.1) is 22.5 Å². The fraction of sp³-hybridized carbons (Fsp3) is 0.174. The Morgan fingerprint density at radius 3 is 2.91 bits per heavy atom. The first-order valence-electron chi connectivity index (χ1n) is 10.3. The van der Waals surface area contributed by atoms with Gasteiger partial charge >= 0.3 is 0 Å². The predicted octanol–water partition coefficient (Wildman–Crippen LogP) is 5.24. The van der Waals surface area contributed by atoms with Crippen LogP contribution in [0.25, 0.3) is 22.3 Å². The van der Waals surface area contributed by atoms with Gasteiger partial charge in [-0.15, -0.1) is 11.3 Å². The number of benzene rings is 2. The summed E-state index contributed by atoms with van der Waals surface area (Å²) in [6.07, 6.45) is 0.599. The van der Waals surface area contributed by atoms with E-state index in [1.807, 2.05) is 54.8 Å². The SMILES string of the molecule is Cc1ccc2nc(SCc3noc(CCC(=O)Nc4nc(-c5ccccc5)cs4)n3)[nH]c2c1. The van der Waals surface area contributed by atoms with Gasteiger partial charge in [0.25, 0.3) is 0 Å². The van der Waals surface area contributed by atoms with Crippen LogP contribution in [0, 0.1) is 6.92 Å². The molecule has 0 fully saturated rings. The van der Waals surface area contributed by atoms with Gasteiger partial charge in [-0.25, -0.2) is 9.97 Å². The number of aromatic nitrogens is 5. The molecule has 0 unspecified atom stereocenters. The van der Waals surface area contributed by atoms with Crippen LogP contribution in [0.2, 0.25) is 0 Å². The summed E-state index contributed by atoms with van der Waals surface area (Å²) in [7, 11) is 0. The van der Waals surface area contributed by atoms with Crippen molar-refractivity contribution in [3.63, 3.8) is 0 Å². The number of aryl methyl sites for hydroxylation is 2. The molecule has 3 heterocycles. The van der Waals surface area contributed by atoms with E-state index in [9.17, 15) is 4.79 Å². The Hall–Kier alpha value is -3.50. The Morgan fingerprint density at radius 1 is 1.15 bits per heavy atom. The first-order chi connectivity index (χ1) is 16.1. The van der Waals surface area contributed by atoms with Crippen molar-refractivity contribution in [3.05, 3.63) is 71.2 Å². The molecule has 0 saturated heterocycles. The highest BCUT2D eigenvalue weighted by atomic mass is 32.2. The van der Waals surface area contributed by atoms with Crippen molar-refractivity contribution in [1.29, 1.82) is 0 Å². The van der Waals surface area contributed by atoms with Crippen molar-refractivity contribution in [2.45, 2.75) is 30.7 Å². The second-order valence-corrected chi connectivity index (χ2v) is 9.23. The Kier molecular flexibility index (Phi) is 6.18. The van der Waals surface area contributed by atoms with Crippen molar-refractivity contribution < 1.29 is 9.32 Å². The summed E-state index contributed by atoms with van der Waals surface area (Å²) < 4.78 is 5.29. The predicted molar refractivity (Wildman–Crippen MR) is 129 cm³/mol. The van der Waals surface area contributed by atoms with Crippen molar-refractivity contribution in [2.24, 2.45) is 0 Å². The van der Waals surface area contributed by atoms with E-state index in [4.69, 9.17) is 4.52 Å². The number of rotatable bonds is 8. The summed E-state index contributed by atoms with van der Waals surface area (Å²) in [5.41, 5.74) is 4.98. The summed E-state index contributed by atoms with van der Waals surface area (Å²) in [6.45, 7) is 2.05. The summed E-state index contributed by atoms with van der Waals surface area (Å²) in [5.74, 6) is 1.39. The van der Waals surface area contributed by atoms with Crippen molar-refractivity contribution in [1.82, 2.24) is 25.1 Å². The number of carbonyl (C=O) groups excluding carboxylic acids is 1. The fourth-order valence-electron chi connectivity index (χ4n) is 3.23. The van der Waals surface area contributed by atoms with Crippen LogP contribution in [-0.4, -0.2) is 31.0 Å². The second kappa shape index (κ2) is 9.55. The molecule has 0 spiro atoms. The van der Waals surface area contributed by atoms with Crippen LogP contribution in [-0.2, 0) is 17.0 Å². The third-order valence-electron chi connectivity index (χ3n) is 4.85. The molecule has 166 valence electrons. The number of amides is 1. The van der Waals surface area contributed by atoms with Gasteiger partial charge in [0.2, 0.25) is 11.8 Å². The smallest absolute Gasteiger partial charge is 0.227 e. The second-order valence-electron chi connectivity index (χ2n) is 7.41. The number of thioether (sulfide) groups is 1. The molecule has 2 N–H and O–H groups in total. The summed E-state index contributed by atoms with van der Waals surface area (Å²) in [5, 5.41) is 10.1. The van der Waals surface area contributed by atoms with E-state index in [1.54, 1.807) is 0 Å². The van der Waals surface area contributed by atoms with E-state index in [1.165, 1.54) is 28.7 Å². The topological polar surface area (TPSA) is 110 Å². The third-order valence-corrected chi connectivity index (χ3v) is 6.48. The number of aromatic amines is 1. The number of hydrogen-bond donors (Lipinski definition) is 2. The van der Waals surface area contributed by atoms with Gasteiger partial charge in [0, 0.05) is 23.8 Å². The minimum absolute atomic E-state index is 0.143. The Labute approximate surface area is 197 Å². The number of carbonyl (C=O) groups is 1. The average molecular weight is 477 g/mol. The molecule has 5 aromatic rings. The molecular formula is C23H20N6O2S2. The molecule has 2 aromatic carbocycles. The highest BCUT2D eigenvalue weighted by molar-refractivity contribution is 7.98. The molecular weight excluding hydrogens is 456 g/mol. The van der Waals surface area contributed by atoms with Gasteiger partial charge in [0.15, 0.2) is 16.1 Å². The van der Waals surface area contributed by atoms with Gasteiger partial charge in [-0.3, -0.25) is 4.79 Å². The van der Waals surface area contributed by atoms with Crippen LogP contribution in [0.15, 0.2) is 63.6 Å². The molecule has 0 atom stereocenters. The lowest BCUT2D eigenvalue weighted by Crippen LogP contribution is -2.12. The Bertz CT molecular complexity index is 1390. The number of nitrogens with one attached hydrogen (secondary N) is 2. The standard InChI is InChI=1S/C23H20N6O2S2/c1-14-7-8-16-17(11-14)25-22(24-16)33-13-19-27-21(31-29-19)10-9-20(30)28-23-26-18(12-32-23)15-5-3-2-4-6-15/h2-8,11-12H,9-10,13H2,1H3,(H,24,25)(H,26,28,30). The molecule has 0 radical (unpaired) electrons. The van der Waals surface area contributed by atoms with Crippen molar-refractivity contribution in [2.75, 3.05) is 5.32 Å². The Morgan fingerprint density at radius 2 is 2.03 bits per heavy atom. The van der Waals surface area contributed by atoms with E-state index >= 15 is 0 Å². The average Bonchev–Trinajstić information content (AvgIpc) is 3.56. The fourth-order valence-corrected chi connectivity index (χ4v) is 4.69. The lowest BCUT2D eigenvalue weighted by Gasteiger charge is -1.99. The van der Waals surface area contributed by atoms with Gasteiger partial charge in [0.1, 0.15) is 0 Å². The van der Waals surface area contributed by atoms with E-state index in [0.717, 1.165) is 27.4 Å². The van der Waals surface area contributed by atoms with Crippen LogP contribution < -0.4 is 5.32 Å². The van der Waals surface area contributed by atoms with Crippen molar-refractivity contribution >= 4 is 45.2 Å². The van der Waals surface area contributed by atoms with Crippen LogP contribution in [0.5, 0.6) is 0 Å². The van der Waals surface area contributed by atoms with Gasteiger partial charge in [-0.1, -0.05) is 53.3 Å². The molecule has 5 rings (SSSR count). The summed E-state index contributed by atoms with van der Waals surface area (Å²) >= 11 is 2.91. The van der Waals surface area contributed by atoms with Crippen LogP contribution >= 0.6 is 23.1 Å². The zero-order chi connectivity index (χ0) is 22.6. The number of hydrogen-bond acceptors (Lipinski definition) is 8. The molecule has 1 amide bonds. The minimum Gasteiger partial charge on any atom is -0.339 e. The first kappa shape index (κ1) is 21.4. The maximum absolute atomic E-state index is 12.3. The molecule has 0 saturated carbocycles. The third kappa shape index (κ3) is 5.29. The number of nitrogens with zero attached hydrogens (tertiary/aromatic N) is 4. The number of anilines is 1. The van der Waals surface area contributed by atoms with E-state index in [0.29, 0.717) is 29.0 Å². The molecule has 0 aliphatic rings. The maximum Gasteiger partial charge on any atom is 0.227 e. The molecule has 8 nitrogen and oxygen atoms in total. The normalized spacial score (nSPS) is 11.2. The highest BCUT2D eigenvalue weighted by Crippen LogP contribution is 2.25. The molecule has 33 heavy (non-hydrogen) atoms. The van der Waals surface area contributed by atoms with E-state index in [2.05, 4.69) is 36.5 Å². The largest absolute Gasteiger partial charge is 0.339 e. The van der Waals surface area contributed by atoms with Crippen LogP contribution in [0.4, 0.5) is 5.13 Å². The molecule has 0 aliphatic carbocycles. The Balaban J connectivity index is 1.11. The van der Waals surface area contributed by atoms with Gasteiger partial charge < -0.3 is 14.8 Å². The molecule has 0 bridgehead atoms. The number of thiazole rings is 1. The first-order valence-corrected chi connectivity index (χ1v) is 12.2. The van der Waals surface area contributed by atoms with Crippen LogP contribution in [0.3, 0.4) is 0 Å². The van der Waals surface area contributed by atoms with Gasteiger partial charge in [-0.05, 0) is 24.6 Å². The lowest BCUT2D eigenvalue weighted by atomic mass is 10.2. The molecule has 10 heteroatoms. The quantitative estimate of drug-likeness (QED) is 0.295. The maximum atomic E-state index is 12.3. The molecule has 0 aliphatic heterocycles.